The van der Waals surface area contributed by atoms with Gasteiger partial charge in [-0.15, -0.1) is 0 Å². The number of carbonyl (C=O) groups excluding carboxylic acids is 1. The minimum absolute atomic E-state index is 0.122. The number of rotatable bonds is 0. The van der Waals surface area contributed by atoms with Crippen LogP contribution in [0.15, 0.2) is 11.3 Å². The van der Waals surface area contributed by atoms with E-state index >= 15 is 0 Å². The quantitative estimate of drug-likeness (QED) is 0.692. The number of likely N-dealkylation sites (N-methyl/N-ethyl adjacent to an activating group) is 1. The average Bonchev–Trinajstić information content (AvgIpc) is 2.67. The van der Waals surface area contributed by atoms with Gasteiger partial charge in [0.25, 0.3) is 0 Å². The van der Waals surface area contributed by atoms with Crippen LogP contribution < -0.4 is 5.43 Å². The Kier molecular flexibility index (Phi) is 2.81. The predicted molar refractivity (Wildman–Crippen MR) is 65.2 cm³/mol. The second-order valence-corrected chi connectivity index (χ2v) is 5.65. The Morgan fingerprint density at radius 3 is 2.65 bits per heavy atom. The Bertz CT molecular complexity index is 370. The first-order valence-electron chi connectivity index (χ1n) is 5.98. The van der Waals surface area contributed by atoms with Crippen LogP contribution in [0.5, 0.6) is 0 Å². The van der Waals surface area contributed by atoms with Gasteiger partial charge in [-0.25, -0.2) is 10.2 Å². The van der Waals surface area contributed by atoms with Crippen LogP contribution in [0.4, 0.5) is 4.79 Å². The van der Waals surface area contributed by atoms with Gasteiger partial charge >= 0.3 is 6.09 Å². The summed E-state index contributed by atoms with van der Waals surface area (Å²) in [5.41, 5.74) is 5.29. The number of hydrogen-bond acceptors (Lipinski definition) is 4. The topological polar surface area (TPSA) is 44.8 Å². The summed E-state index contributed by atoms with van der Waals surface area (Å²) in [6.45, 7) is 9.18. The number of carbonyl (C=O) groups is 1. The third-order valence-corrected chi connectivity index (χ3v) is 3.20. The minimum Gasteiger partial charge on any atom is -0.444 e. The minimum atomic E-state index is -0.437. The lowest BCUT2D eigenvalue weighted by Crippen LogP contribution is -2.43. The molecule has 1 amide bonds. The third-order valence-electron chi connectivity index (χ3n) is 3.20. The summed E-state index contributed by atoms with van der Waals surface area (Å²) in [4.78, 5) is 13.8. The Morgan fingerprint density at radius 1 is 1.47 bits per heavy atom. The van der Waals surface area contributed by atoms with Gasteiger partial charge in [-0.1, -0.05) is 0 Å². The molecule has 0 saturated heterocycles. The monoisotopic (exact) mass is 239 g/mol. The van der Waals surface area contributed by atoms with E-state index in [9.17, 15) is 4.79 Å². The molecular weight excluding hydrogens is 218 g/mol. The number of hydrazine groups is 1. The summed E-state index contributed by atoms with van der Waals surface area (Å²) in [6.07, 6.45) is -0.229. The van der Waals surface area contributed by atoms with Crippen molar-refractivity contribution in [2.45, 2.75) is 39.3 Å². The van der Waals surface area contributed by atoms with Crippen molar-refractivity contribution in [3.8, 4) is 0 Å². The van der Waals surface area contributed by atoms with Crippen LogP contribution in [0, 0.1) is 0 Å². The number of nitrogens with one attached hydrogen (secondary N) is 1. The number of ether oxygens (including phenoxy) is 1. The maximum absolute atomic E-state index is 12.0. The fourth-order valence-electron chi connectivity index (χ4n) is 2.24. The van der Waals surface area contributed by atoms with Crippen molar-refractivity contribution in [2.24, 2.45) is 0 Å². The zero-order valence-electron chi connectivity index (χ0n) is 11.2. The Balaban J connectivity index is 2.05. The van der Waals surface area contributed by atoms with Gasteiger partial charge in [-0.3, -0.25) is 4.90 Å². The smallest absolute Gasteiger partial charge is 0.411 e. The summed E-state index contributed by atoms with van der Waals surface area (Å²) < 4.78 is 5.41. The molecule has 17 heavy (non-hydrogen) atoms. The van der Waals surface area contributed by atoms with Crippen molar-refractivity contribution in [1.29, 1.82) is 0 Å². The predicted octanol–water partition coefficient (Wildman–Crippen LogP) is 1.33. The van der Waals surface area contributed by atoms with Crippen LogP contribution in [-0.2, 0) is 4.74 Å². The first kappa shape index (κ1) is 12.2. The molecule has 1 unspecified atom stereocenters. The highest BCUT2D eigenvalue weighted by Gasteiger charge is 2.38. The molecule has 5 nitrogen and oxygen atoms in total. The molecule has 0 spiro atoms. The molecule has 96 valence electrons. The lowest BCUT2D eigenvalue weighted by Gasteiger charge is -2.29. The van der Waals surface area contributed by atoms with Gasteiger partial charge in [-0.2, -0.15) is 0 Å². The van der Waals surface area contributed by atoms with Crippen molar-refractivity contribution < 1.29 is 9.53 Å². The van der Waals surface area contributed by atoms with Gasteiger partial charge in [0.15, 0.2) is 0 Å². The lowest BCUT2D eigenvalue weighted by atomic mass is 10.1. The highest BCUT2D eigenvalue weighted by atomic mass is 16.6. The van der Waals surface area contributed by atoms with Crippen LogP contribution in [0.2, 0.25) is 0 Å². The normalized spacial score (nSPS) is 24.4. The van der Waals surface area contributed by atoms with E-state index in [1.807, 2.05) is 39.8 Å². The van der Waals surface area contributed by atoms with E-state index in [2.05, 4.69) is 5.43 Å². The van der Waals surface area contributed by atoms with Gasteiger partial charge in [0.1, 0.15) is 5.60 Å². The third kappa shape index (κ3) is 2.24. The van der Waals surface area contributed by atoms with E-state index < -0.39 is 5.60 Å². The van der Waals surface area contributed by atoms with Crippen LogP contribution >= 0.6 is 0 Å². The van der Waals surface area contributed by atoms with Crippen molar-refractivity contribution in [3.05, 3.63) is 11.3 Å². The zero-order valence-corrected chi connectivity index (χ0v) is 11.2. The van der Waals surface area contributed by atoms with E-state index in [1.165, 1.54) is 11.3 Å². The SMILES string of the molecule is CC1C2=C(CN1C(=O)OC(C)(C)C)N(C)NC2. The first-order valence-corrected chi connectivity index (χ1v) is 5.98. The molecule has 1 atom stereocenters. The number of hydrogen-bond donors (Lipinski definition) is 1. The van der Waals surface area contributed by atoms with Gasteiger partial charge in [0.2, 0.25) is 0 Å². The zero-order chi connectivity index (χ0) is 12.8. The average molecular weight is 239 g/mol. The molecule has 0 fully saturated rings. The molecule has 0 aromatic rings. The molecule has 5 heteroatoms. The Hall–Kier alpha value is -1.23. The summed E-state index contributed by atoms with van der Waals surface area (Å²) >= 11 is 0. The first-order chi connectivity index (χ1) is 7.79. The molecule has 2 heterocycles. The number of nitrogens with zero attached hydrogens (tertiary/aromatic N) is 2. The molecule has 1 N–H and O–H groups in total. The maximum atomic E-state index is 12.0. The highest BCUT2D eigenvalue weighted by Crippen LogP contribution is 2.29. The van der Waals surface area contributed by atoms with Gasteiger partial charge in [0, 0.05) is 13.6 Å². The molecule has 0 aromatic carbocycles. The summed E-state index contributed by atoms with van der Waals surface area (Å²) in [5, 5.41) is 2.00. The van der Waals surface area contributed by atoms with E-state index in [0.717, 1.165) is 6.54 Å². The standard InChI is InChI=1S/C12H21N3O2/c1-8-9-6-13-14(5)10(9)7-15(8)11(16)17-12(2,3)4/h8,13H,6-7H2,1-5H3. The van der Waals surface area contributed by atoms with Crippen LogP contribution in [-0.4, -0.2) is 47.8 Å². The van der Waals surface area contributed by atoms with Crippen LogP contribution in [0.1, 0.15) is 27.7 Å². The van der Waals surface area contributed by atoms with Crippen molar-refractivity contribution in [1.82, 2.24) is 15.3 Å². The molecule has 2 aliphatic heterocycles. The second-order valence-electron chi connectivity index (χ2n) is 5.65. The Morgan fingerprint density at radius 2 is 2.12 bits per heavy atom. The summed E-state index contributed by atoms with van der Waals surface area (Å²) in [6, 6.07) is 0.122. The molecule has 0 radical (unpaired) electrons. The van der Waals surface area contributed by atoms with Gasteiger partial charge in [0.05, 0.1) is 18.3 Å². The maximum Gasteiger partial charge on any atom is 0.411 e. The largest absolute Gasteiger partial charge is 0.444 e. The number of amides is 1. The van der Waals surface area contributed by atoms with Crippen LogP contribution in [0.25, 0.3) is 0 Å². The second kappa shape index (κ2) is 3.91. The van der Waals surface area contributed by atoms with Gasteiger partial charge < -0.3 is 9.75 Å². The van der Waals surface area contributed by atoms with E-state index in [1.54, 1.807) is 4.90 Å². The van der Waals surface area contributed by atoms with Crippen molar-refractivity contribution >= 4 is 6.09 Å². The molecule has 0 aliphatic carbocycles. The fourth-order valence-corrected chi connectivity index (χ4v) is 2.24. The molecule has 2 aliphatic rings. The fraction of sp³-hybridized carbons (Fsp3) is 0.750. The van der Waals surface area contributed by atoms with Crippen molar-refractivity contribution in [2.75, 3.05) is 20.1 Å². The summed E-state index contributed by atoms with van der Waals surface area (Å²) in [5.74, 6) is 0. The molecule has 2 rings (SSSR count). The Labute approximate surface area is 102 Å². The highest BCUT2D eigenvalue weighted by molar-refractivity contribution is 5.70. The van der Waals surface area contributed by atoms with Crippen molar-refractivity contribution in [3.63, 3.8) is 0 Å². The van der Waals surface area contributed by atoms with E-state index in [-0.39, 0.29) is 12.1 Å². The molecule has 0 aromatic heterocycles. The molecule has 0 saturated carbocycles. The van der Waals surface area contributed by atoms with E-state index in [0.29, 0.717) is 6.54 Å². The van der Waals surface area contributed by atoms with E-state index in [4.69, 9.17) is 4.74 Å². The molecule has 0 bridgehead atoms. The van der Waals surface area contributed by atoms with Gasteiger partial charge in [-0.05, 0) is 33.3 Å². The van der Waals surface area contributed by atoms with Crippen LogP contribution in [0.3, 0.4) is 0 Å². The summed E-state index contributed by atoms with van der Waals surface area (Å²) in [7, 11) is 1.98. The lowest BCUT2D eigenvalue weighted by molar-refractivity contribution is 0.0232. The molecular formula is C12H21N3O2.